The van der Waals surface area contributed by atoms with Crippen LogP contribution in [0.2, 0.25) is 0 Å². The number of phenols is 1. The summed E-state index contributed by atoms with van der Waals surface area (Å²) in [5.74, 6) is -0.168. The van der Waals surface area contributed by atoms with Gasteiger partial charge in [0.15, 0.2) is 0 Å². The molecule has 2 unspecified atom stereocenters. The van der Waals surface area contributed by atoms with Gasteiger partial charge in [0.2, 0.25) is 0 Å². The van der Waals surface area contributed by atoms with Crippen LogP contribution in [0.1, 0.15) is 11.7 Å². The summed E-state index contributed by atoms with van der Waals surface area (Å²) in [6, 6.07) is 4.73. The SMILES string of the molecule is Oc1cccc(Br)c1C(O)C(O)CCl. The molecule has 0 fully saturated rings. The number of aromatic hydroxyl groups is 1. The van der Waals surface area contributed by atoms with Crippen molar-refractivity contribution in [3.63, 3.8) is 0 Å². The van der Waals surface area contributed by atoms with Crippen LogP contribution in [0, 0.1) is 0 Å². The van der Waals surface area contributed by atoms with E-state index in [2.05, 4.69) is 15.9 Å². The topological polar surface area (TPSA) is 60.7 Å². The van der Waals surface area contributed by atoms with E-state index < -0.39 is 12.2 Å². The first kappa shape index (κ1) is 11.8. The van der Waals surface area contributed by atoms with Gasteiger partial charge >= 0.3 is 0 Å². The molecule has 14 heavy (non-hydrogen) atoms. The molecule has 0 saturated heterocycles. The third-order valence-corrected chi connectivity index (χ3v) is 2.86. The van der Waals surface area contributed by atoms with E-state index in [0.29, 0.717) is 4.47 Å². The monoisotopic (exact) mass is 280 g/mol. The predicted octanol–water partition coefficient (Wildman–Crippen LogP) is 1.79. The third kappa shape index (κ3) is 2.39. The van der Waals surface area contributed by atoms with Crippen LogP contribution in [0.25, 0.3) is 0 Å². The third-order valence-electron chi connectivity index (χ3n) is 1.85. The van der Waals surface area contributed by atoms with E-state index in [1.807, 2.05) is 0 Å². The average Bonchev–Trinajstić information content (AvgIpc) is 2.16. The van der Waals surface area contributed by atoms with Crippen molar-refractivity contribution < 1.29 is 15.3 Å². The van der Waals surface area contributed by atoms with Crippen LogP contribution in [-0.2, 0) is 0 Å². The summed E-state index contributed by atoms with van der Waals surface area (Å²) in [7, 11) is 0. The van der Waals surface area contributed by atoms with Crippen molar-refractivity contribution in [2.24, 2.45) is 0 Å². The molecule has 0 amide bonds. The van der Waals surface area contributed by atoms with Gasteiger partial charge in [0, 0.05) is 10.0 Å². The minimum Gasteiger partial charge on any atom is -0.508 e. The number of rotatable bonds is 3. The van der Waals surface area contributed by atoms with E-state index in [4.69, 9.17) is 11.6 Å². The first-order valence-electron chi connectivity index (χ1n) is 3.97. The van der Waals surface area contributed by atoms with Crippen LogP contribution >= 0.6 is 27.5 Å². The van der Waals surface area contributed by atoms with Gasteiger partial charge < -0.3 is 15.3 Å². The highest BCUT2D eigenvalue weighted by Crippen LogP contribution is 2.33. The van der Waals surface area contributed by atoms with Crippen LogP contribution in [0.5, 0.6) is 5.75 Å². The molecule has 0 aromatic heterocycles. The summed E-state index contributed by atoms with van der Waals surface area (Å²) in [5, 5.41) is 28.4. The molecule has 1 aromatic carbocycles. The number of aliphatic hydroxyl groups is 2. The Morgan fingerprint density at radius 2 is 2.00 bits per heavy atom. The molecule has 78 valence electrons. The first-order valence-corrected chi connectivity index (χ1v) is 5.30. The maximum Gasteiger partial charge on any atom is 0.122 e. The fourth-order valence-corrected chi connectivity index (χ4v) is 1.85. The highest BCUT2D eigenvalue weighted by atomic mass is 79.9. The fourth-order valence-electron chi connectivity index (χ4n) is 1.10. The Morgan fingerprint density at radius 1 is 1.36 bits per heavy atom. The zero-order chi connectivity index (χ0) is 10.7. The number of hydrogen-bond donors (Lipinski definition) is 3. The number of hydrogen-bond acceptors (Lipinski definition) is 3. The second-order valence-corrected chi connectivity index (χ2v) is 4.00. The summed E-state index contributed by atoms with van der Waals surface area (Å²) < 4.78 is 0.536. The van der Waals surface area contributed by atoms with Gasteiger partial charge in [-0.05, 0) is 12.1 Å². The molecule has 0 saturated carbocycles. The standard InChI is InChI=1S/C9H10BrClO3/c10-5-2-1-3-6(12)8(5)9(14)7(13)4-11/h1-3,7,9,12-14H,4H2. The van der Waals surface area contributed by atoms with Crippen molar-refractivity contribution in [1.82, 2.24) is 0 Å². The molecule has 0 aliphatic heterocycles. The smallest absolute Gasteiger partial charge is 0.122 e. The minimum atomic E-state index is -1.19. The Morgan fingerprint density at radius 3 is 2.50 bits per heavy atom. The quantitative estimate of drug-likeness (QED) is 0.740. The fraction of sp³-hybridized carbons (Fsp3) is 0.333. The maximum atomic E-state index is 9.63. The van der Waals surface area contributed by atoms with Crippen molar-refractivity contribution in [1.29, 1.82) is 0 Å². The summed E-state index contributed by atoms with van der Waals surface area (Å²) in [6.45, 7) is 0. The zero-order valence-corrected chi connectivity index (χ0v) is 9.53. The van der Waals surface area contributed by atoms with Crippen molar-refractivity contribution in [2.75, 3.05) is 5.88 Å². The van der Waals surface area contributed by atoms with Crippen molar-refractivity contribution in [3.05, 3.63) is 28.2 Å². The van der Waals surface area contributed by atoms with E-state index in [1.54, 1.807) is 12.1 Å². The maximum absolute atomic E-state index is 9.63. The van der Waals surface area contributed by atoms with Crippen LogP contribution in [0.15, 0.2) is 22.7 Å². The molecule has 0 heterocycles. The van der Waals surface area contributed by atoms with E-state index in [1.165, 1.54) is 6.07 Å². The summed E-state index contributed by atoms with van der Waals surface area (Å²) in [4.78, 5) is 0. The number of benzene rings is 1. The number of alkyl halides is 1. The highest BCUT2D eigenvalue weighted by molar-refractivity contribution is 9.10. The molecule has 0 radical (unpaired) electrons. The van der Waals surface area contributed by atoms with E-state index in [-0.39, 0.29) is 17.2 Å². The van der Waals surface area contributed by atoms with Crippen molar-refractivity contribution >= 4 is 27.5 Å². The largest absolute Gasteiger partial charge is 0.508 e. The Balaban J connectivity index is 3.05. The molecule has 3 N–H and O–H groups in total. The first-order chi connectivity index (χ1) is 6.57. The zero-order valence-electron chi connectivity index (χ0n) is 7.19. The van der Waals surface area contributed by atoms with Gasteiger partial charge in [-0.3, -0.25) is 0 Å². The Labute approximate surface area is 95.1 Å². The normalized spacial score (nSPS) is 15.1. The second-order valence-electron chi connectivity index (χ2n) is 2.84. The molecule has 0 aliphatic rings. The van der Waals surface area contributed by atoms with Gasteiger partial charge in [-0.2, -0.15) is 0 Å². The van der Waals surface area contributed by atoms with Crippen molar-refractivity contribution in [3.8, 4) is 5.75 Å². The molecule has 5 heteroatoms. The molecular weight excluding hydrogens is 271 g/mol. The van der Waals surface area contributed by atoms with Crippen molar-refractivity contribution in [2.45, 2.75) is 12.2 Å². The average molecular weight is 282 g/mol. The Kier molecular flexibility index (Phi) is 4.19. The van der Waals surface area contributed by atoms with Crippen LogP contribution in [0.3, 0.4) is 0 Å². The molecule has 2 atom stereocenters. The lowest BCUT2D eigenvalue weighted by atomic mass is 10.0. The predicted molar refractivity (Wildman–Crippen MR) is 57.5 cm³/mol. The van der Waals surface area contributed by atoms with E-state index in [9.17, 15) is 15.3 Å². The highest BCUT2D eigenvalue weighted by Gasteiger charge is 2.22. The van der Waals surface area contributed by atoms with Crippen LogP contribution < -0.4 is 0 Å². The number of halogens is 2. The van der Waals surface area contributed by atoms with Gasteiger partial charge in [0.05, 0.1) is 12.0 Å². The van der Waals surface area contributed by atoms with E-state index in [0.717, 1.165) is 0 Å². The van der Waals surface area contributed by atoms with Gasteiger partial charge in [-0.1, -0.05) is 22.0 Å². The minimum absolute atomic E-state index is 0.0731. The van der Waals surface area contributed by atoms with Gasteiger partial charge in [-0.25, -0.2) is 0 Å². The summed E-state index contributed by atoms with van der Waals surface area (Å²) in [5.41, 5.74) is 0.251. The van der Waals surface area contributed by atoms with Gasteiger partial charge in [0.25, 0.3) is 0 Å². The molecule has 1 rings (SSSR count). The molecular formula is C9H10BrClO3. The van der Waals surface area contributed by atoms with Gasteiger partial charge in [0.1, 0.15) is 11.9 Å². The summed E-state index contributed by atoms with van der Waals surface area (Å²) >= 11 is 8.57. The Bertz CT molecular complexity index is 299. The van der Waals surface area contributed by atoms with Crippen LogP contribution in [-0.4, -0.2) is 27.3 Å². The number of aliphatic hydroxyl groups excluding tert-OH is 2. The van der Waals surface area contributed by atoms with Gasteiger partial charge in [-0.15, -0.1) is 11.6 Å². The van der Waals surface area contributed by atoms with Crippen LogP contribution in [0.4, 0.5) is 0 Å². The summed E-state index contributed by atoms with van der Waals surface area (Å²) in [6.07, 6.45) is -2.29. The Hall–Kier alpha value is -0.290. The molecule has 0 bridgehead atoms. The molecule has 3 nitrogen and oxygen atoms in total. The molecule has 0 aliphatic carbocycles. The lowest BCUT2D eigenvalue weighted by molar-refractivity contribution is 0.0308. The second kappa shape index (κ2) is 4.98. The molecule has 0 spiro atoms. The van der Waals surface area contributed by atoms with E-state index >= 15 is 0 Å². The lowest BCUT2D eigenvalue weighted by Gasteiger charge is -2.18. The lowest BCUT2D eigenvalue weighted by Crippen LogP contribution is -2.20. The molecule has 1 aromatic rings. The number of phenolic OH excluding ortho intramolecular Hbond substituents is 1.